The zero-order chi connectivity index (χ0) is 14.3. The molecule has 0 radical (unpaired) electrons. The van der Waals surface area contributed by atoms with Gasteiger partial charge in [-0.25, -0.2) is 0 Å². The average Bonchev–Trinajstić information content (AvgIpc) is 2.24. The number of rotatable bonds is 8. The summed E-state index contributed by atoms with van der Waals surface area (Å²) in [7, 11) is -2.03. The van der Waals surface area contributed by atoms with Crippen LogP contribution in [0.5, 0.6) is 0 Å². The molecule has 18 heavy (non-hydrogen) atoms. The predicted octanol–water partition coefficient (Wildman–Crippen LogP) is 5.11. The van der Waals surface area contributed by atoms with Crippen molar-refractivity contribution in [1.29, 1.82) is 0 Å². The van der Waals surface area contributed by atoms with E-state index in [9.17, 15) is 4.79 Å². The molecule has 0 heterocycles. The Bertz CT molecular complexity index is 230. The third-order valence-electron chi connectivity index (χ3n) is 3.76. The first-order chi connectivity index (χ1) is 8.28. The summed E-state index contributed by atoms with van der Waals surface area (Å²) < 4.78 is 6.03. The van der Waals surface area contributed by atoms with Crippen LogP contribution in [0.2, 0.25) is 16.6 Å². The third kappa shape index (κ3) is 4.58. The molecule has 0 aliphatic carbocycles. The molecule has 108 valence electrons. The van der Waals surface area contributed by atoms with Crippen molar-refractivity contribution in [3.63, 3.8) is 0 Å². The molecule has 0 aliphatic rings. The van der Waals surface area contributed by atoms with Gasteiger partial charge >= 0.3 is 0 Å². The molecule has 0 N–H and O–H groups in total. The number of unbranched alkanes of at least 4 members (excludes halogenated alkanes) is 1. The van der Waals surface area contributed by atoms with Crippen LogP contribution in [0, 0.1) is 0 Å². The highest BCUT2D eigenvalue weighted by atomic mass is 35.5. The number of hydrogen-bond donors (Lipinski definition) is 0. The Morgan fingerprint density at radius 3 is 1.78 bits per heavy atom. The van der Waals surface area contributed by atoms with Crippen molar-refractivity contribution in [2.45, 2.75) is 77.4 Å². The van der Waals surface area contributed by atoms with Gasteiger partial charge in [-0.15, -0.1) is 11.6 Å². The second-order valence-electron chi connectivity index (χ2n) is 5.94. The van der Waals surface area contributed by atoms with E-state index >= 15 is 0 Å². The van der Waals surface area contributed by atoms with E-state index in [1.807, 2.05) is 0 Å². The fourth-order valence-corrected chi connectivity index (χ4v) is 8.36. The van der Waals surface area contributed by atoms with Crippen molar-refractivity contribution in [2.24, 2.45) is 0 Å². The smallest absolute Gasteiger partial charge is 0.292 e. The summed E-state index contributed by atoms with van der Waals surface area (Å²) >= 11 is 5.63. The first kappa shape index (κ1) is 18.0. The first-order valence-electron chi connectivity index (χ1n) is 7.06. The summed E-state index contributed by atoms with van der Waals surface area (Å²) in [6.45, 7) is 13.2. The minimum absolute atomic E-state index is 0.0251. The van der Waals surface area contributed by atoms with Gasteiger partial charge in [-0.3, -0.25) is 4.79 Å². The molecular formula is C14H29ClO2Si. The predicted molar refractivity (Wildman–Crippen MR) is 81.7 cm³/mol. The van der Waals surface area contributed by atoms with E-state index < -0.39 is 8.32 Å². The van der Waals surface area contributed by atoms with Gasteiger partial charge in [-0.1, -0.05) is 41.5 Å². The molecule has 0 fully saturated rings. The minimum atomic E-state index is -2.03. The van der Waals surface area contributed by atoms with Crippen LogP contribution in [0.25, 0.3) is 0 Å². The maximum atomic E-state index is 12.0. The second kappa shape index (κ2) is 8.21. The lowest BCUT2D eigenvalue weighted by molar-refractivity contribution is -0.135. The first-order valence-corrected chi connectivity index (χ1v) is 9.74. The number of halogens is 1. The molecule has 4 heteroatoms. The number of carbonyl (C=O) groups excluding carboxylic acids is 1. The quantitative estimate of drug-likeness (QED) is 0.353. The summed E-state index contributed by atoms with van der Waals surface area (Å²) in [5.74, 6) is 0.594. The van der Waals surface area contributed by atoms with Gasteiger partial charge in [0.05, 0.1) is 0 Å². The van der Waals surface area contributed by atoms with Crippen LogP contribution in [-0.4, -0.2) is 20.2 Å². The molecule has 0 bridgehead atoms. The minimum Gasteiger partial charge on any atom is -0.518 e. The Hall–Kier alpha value is -0.0231. The average molecular weight is 293 g/mol. The van der Waals surface area contributed by atoms with Gasteiger partial charge in [-0.05, 0) is 29.5 Å². The van der Waals surface area contributed by atoms with E-state index in [0.717, 1.165) is 12.8 Å². The monoisotopic (exact) mass is 292 g/mol. The summed E-state index contributed by atoms with van der Waals surface area (Å²) in [6, 6.07) is 0. The van der Waals surface area contributed by atoms with Crippen LogP contribution in [0.3, 0.4) is 0 Å². The number of hydrogen-bond acceptors (Lipinski definition) is 2. The molecule has 0 amide bonds. The normalized spacial score (nSPS) is 12.6. The zero-order valence-corrected chi connectivity index (χ0v) is 14.5. The molecule has 0 aromatic carbocycles. The number of alkyl halides is 1. The molecule has 0 aliphatic heterocycles. The highest BCUT2D eigenvalue weighted by molar-refractivity contribution is 6.78. The van der Waals surface area contributed by atoms with E-state index in [-0.39, 0.29) is 5.97 Å². The molecule has 0 spiro atoms. The molecule has 0 aromatic heterocycles. The van der Waals surface area contributed by atoms with Crippen molar-refractivity contribution in [2.75, 3.05) is 5.88 Å². The van der Waals surface area contributed by atoms with Crippen LogP contribution in [0.15, 0.2) is 0 Å². The molecule has 0 saturated heterocycles. The van der Waals surface area contributed by atoms with Crippen molar-refractivity contribution >= 4 is 25.9 Å². The van der Waals surface area contributed by atoms with Gasteiger partial charge < -0.3 is 4.43 Å². The maximum absolute atomic E-state index is 12.0. The van der Waals surface area contributed by atoms with Crippen molar-refractivity contribution in [3.8, 4) is 0 Å². The Morgan fingerprint density at radius 2 is 1.44 bits per heavy atom. The third-order valence-corrected chi connectivity index (χ3v) is 10.0. The fraction of sp³-hybridized carbons (Fsp3) is 0.929. The van der Waals surface area contributed by atoms with E-state index in [1.165, 1.54) is 0 Å². The SMILES string of the molecule is CC(C)[Si](OC(=O)CCCCCl)(C(C)C)C(C)C. The molecular weight excluding hydrogens is 264 g/mol. The van der Waals surface area contributed by atoms with E-state index in [1.54, 1.807) is 0 Å². The highest BCUT2D eigenvalue weighted by Gasteiger charge is 2.47. The van der Waals surface area contributed by atoms with E-state index in [2.05, 4.69) is 41.5 Å². The Kier molecular flexibility index (Phi) is 8.20. The van der Waals surface area contributed by atoms with Crippen molar-refractivity contribution in [3.05, 3.63) is 0 Å². The van der Waals surface area contributed by atoms with Crippen LogP contribution in [0.4, 0.5) is 0 Å². The lowest BCUT2D eigenvalue weighted by Crippen LogP contribution is -2.49. The molecule has 0 unspecified atom stereocenters. The zero-order valence-electron chi connectivity index (χ0n) is 12.8. The van der Waals surface area contributed by atoms with Gasteiger partial charge in [0.25, 0.3) is 14.3 Å². The van der Waals surface area contributed by atoms with Crippen molar-refractivity contribution in [1.82, 2.24) is 0 Å². The molecule has 0 saturated carbocycles. The van der Waals surface area contributed by atoms with Crippen LogP contribution in [-0.2, 0) is 9.22 Å². The molecule has 0 rings (SSSR count). The summed E-state index contributed by atoms with van der Waals surface area (Å²) in [5.41, 5.74) is 1.36. The van der Waals surface area contributed by atoms with E-state index in [4.69, 9.17) is 16.0 Å². The van der Waals surface area contributed by atoms with Gasteiger partial charge in [0.1, 0.15) is 0 Å². The molecule has 0 atom stereocenters. The Labute approximate surface area is 119 Å². The highest BCUT2D eigenvalue weighted by Crippen LogP contribution is 2.42. The lowest BCUT2D eigenvalue weighted by Gasteiger charge is -2.41. The fourth-order valence-electron chi connectivity index (χ4n) is 2.97. The standard InChI is InChI=1S/C14H29ClO2Si/c1-11(2)18(12(3)4,13(5)6)17-14(16)9-7-8-10-15/h11-13H,7-10H2,1-6H3. The molecule has 2 nitrogen and oxygen atoms in total. The van der Waals surface area contributed by atoms with Gasteiger partial charge in [0, 0.05) is 12.3 Å². The van der Waals surface area contributed by atoms with Gasteiger partial charge in [0.15, 0.2) is 0 Å². The van der Waals surface area contributed by atoms with Crippen LogP contribution >= 0.6 is 11.6 Å². The summed E-state index contributed by atoms with van der Waals surface area (Å²) in [5, 5.41) is 0. The maximum Gasteiger partial charge on any atom is 0.292 e. The summed E-state index contributed by atoms with van der Waals surface area (Å²) in [4.78, 5) is 12.0. The van der Waals surface area contributed by atoms with E-state index in [0.29, 0.717) is 28.9 Å². The lowest BCUT2D eigenvalue weighted by atomic mass is 10.3. The summed E-state index contributed by atoms with van der Waals surface area (Å²) in [6.07, 6.45) is 2.23. The van der Waals surface area contributed by atoms with Gasteiger partial charge in [0.2, 0.25) is 0 Å². The topological polar surface area (TPSA) is 26.3 Å². The largest absolute Gasteiger partial charge is 0.518 e. The number of carbonyl (C=O) groups is 1. The Morgan fingerprint density at radius 1 is 1.00 bits per heavy atom. The van der Waals surface area contributed by atoms with Gasteiger partial charge in [-0.2, -0.15) is 0 Å². The van der Waals surface area contributed by atoms with Crippen molar-refractivity contribution < 1.29 is 9.22 Å². The second-order valence-corrected chi connectivity index (χ2v) is 11.7. The van der Waals surface area contributed by atoms with Crippen LogP contribution in [0.1, 0.15) is 60.8 Å². The molecule has 0 aromatic rings. The Balaban J connectivity index is 4.74. The van der Waals surface area contributed by atoms with Crippen LogP contribution < -0.4 is 0 Å².